The lowest BCUT2D eigenvalue weighted by Gasteiger charge is -2.10. The number of hydrogen-bond acceptors (Lipinski definition) is 4. The summed E-state index contributed by atoms with van der Waals surface area (Å²) < 4.78 is 15.5. The van der Waals surface area contributed by atoms with E-state index in [4.69, 9.17) is 23.2 Å². The van der Waals surface area contributed by atoms with Gasteiger partial charge in [-0.3, -0.25) is 4.79 Å². The lowest BCUT2D eigenvalue weighted by Crippen LogP contribution is -2.15. The van der Waals surface area contributed by atoms with E-state index in [1.807, 2.05) is 11.5 Å². The lowest BCUT2D eigenvalue weighted by molar-refractivity contribution is -0.113. The number of carbonyl (C=O) groups excluding carboxylic acids is 1. The number of halogens is 3. The van der Waals surface area contributed by atoms with Crippen LogP contribution < -0.4 is 5.32 Å². The van der Waals surface area contributed by atoms with Crippen molar-refractivity contribution in [3.05, 3.63) is 57.8 Å². The van der Waals surface area contributed by atoms with E-state index in [0.717, 1.165) is 0 Å². The molecule has 0 radical (unpaired) electrons. The van der Waals surface area contributed by atoms with Gasteiger partial charge in [-0.15, -0.1) is 10.2 Å². The van der Waals surface area contributed by atoms with Crippen LogP contribution in [-0.2, 0) is 11.3 Å². The van der Waals surface area contributed by atoms with Gasteiger partial charge in [0.2, 0.25) is 5.91 Å². The molecular weight excluding hydrogens is 422 g/mol. The minimum Gasteiger partial charge on any atom is -0.325 e. The summed E-state index contributed by atoms with van der Waals surface area (Å²) in [6, 6.07) is 9.74. The highest BCUT2D eigenvalue weighted by atomic mass is 35.5. The molecular formula is C19H17Cl2FN4OS. The predicted molar refractivity (Wildman–Crippen MR) is 112 cm³/mol. The zero-order valence-electron chi connectivity index (χ0n) is 15.2. The number of aromatic nitrogens is 3. The van der Waals surface area contributed by atoms with E-state index in [0.29, 0.717) is 44.4 Å². The first-order valence-electron chi connectivity index (χ1n) is 8.47. The zero-order valence-corrected chi connectivity index (χ0v) is 17.5. The van der Waals surface area contributed by atoms with Crippen LogP contribution in [0.15, 0.2) is 41.6 Å². The largest absolute Gasteiger partial charge is 0.325 e. The van der Waals surface area contributed by atoms with Crippen molar-refractivity contribution in [1.29, 1.82) is 0 Å². The molecule has 0 aliphatic rings. The van der Waals surface area contributed by atoms with E-state index in [2.05, 4.69) is 15.5 Å². The molecule has 9 heteroatoms. The normalized spacial score (nSPS) is 10.9. The number of carbonyl (C=O) groups is 1. The fourth-order valence-corrected chi connectivity index (χ4v) is 3.91. The van der Waals surface area contributed by atoms with E-state index in [9.17, 15) is 9.18 Å². The van der Waals surface area contributed by atoms with Crippen LogP contribution in [0, 0.1) is 12.7 Å². The van der Waals surface area contributed by atoms with Crippen LogP contribution in [0.1, 0.15) is 12.5 Å². The summed E-state index contributed by atoms with van der Waals surface area (Å²) in [5.74, 6) is 0.103. The van der Waals surface area contributed by atoms with Gasteiger partial charge in [0.05, 0.1) is 10.8 Å². The summed E-state index contributed by atoms with van der Waals surface area (Å²) in [7, 11) is 0. The summed E-state index contributed by atoms with van der Waals surface area (Å²) in [5.41, 5.74) is 1.57. The molecule has 3 rings (SSSR count). The molecule has 0 spiro atoms. The number of anilines is 1. The quantitative estimate of drug-likeness (QED) is 0.519. The maximum atomic E-state index is 13.6. The second-order valence-corrected chi connectivity index (χ2v) is 7.71. The summed E-state index contributed by atoms with van der Waals surface area (Å²) >= 11 is 13.5. The average molecular weight is 439 g/mol. The van der Waals surface area contributed by atoms with Gasteiger partial charge < -0.3 is 9.88 Å². The van der Waals surface area contributed by atoms with E-state index in [-0.39, 0.29) is 17.5 Å². The highest BCUT2D eigenvalue weighted by Crippen LogP contribution is 2.31. The minimum absolute atomic E-state index is 0.114. The van der Waals surface area contributed by atoms with Crippen molar-refractivity contribution >= 4 is 46.6 Å². The first-order valence-corrected chi connectivity index (χ1v) is 10.2. The molecule has 3 aromatic rings. The number of hydrogen-bond donors (Lipinski definition) is 1. The fourth-order valence-electron chi connectivity index (χ4n) is 2.61. The molecule has 146 valence electrons. The van der Waals surface area contributed by atoms with Crippen molar-refractivity contribution in [2.75, 3.05) is 11.1 Å². The summed E-state index contributed by atoms with van der Waals surface area (Å²) in [6.07, 6.45) is 0. The zero-order chi connectivity index (χ0) is 20.3. The highest BCUT2D eigenvalue weighted by Gasteiger charge is 2.17. The summed E-state index contributed by atoms with van der Waals surface area (Å²) in [4.78, 5) is 12.3. The Morgan fingerprint density at radius 2 is 2.04 bits per heavy atom. The predicted octanol–water partition coefficient (Wildman–Crippen LogP) is 5.45. The van der Waals surface area contributed by atoms with Gasteiger partial charge in [0.1, 0.15) is 5.82 Å². The molecule has 0 fully saturated rings. The molecule has 0 atom stereocenters. The third kappa shape index (κ3) is 4.48. The summed E-state index contributed by atoms with van der Waals surface area (Å²) in [5, 5.41) is 12.7. The first kappa shape index (κ1) is 20.6. The van der Waals surface area contributed by atoms with Crippen LogP contribution >= 0.6 is 35.0 Å². The van der Waals surface area contributed by atoms with Gasteiger partial charge >= 0.3 is 0 Å². The minimum atomic E-state index is -0.360. The fraction of sp³-hybridized carbons (Fsp3) is 0.211. The second-order valence-electron chi connectivity index (χ2n) is 5.92. The Balaban J connectivity index is 1.74. The third-order valence-electron chi connectivity index (χ3n) is 4.08. The Hall–Kier alpha value is -2.09. The average Bonchev–Trinajstić information content (AvgIpc) is 3.06. The smallest absolute Gasteiger partial charge is 0.234 e. The molecule has 1 amide bonds. The first-order chi connectivity index (χ1) is 13.4. The molecule has 5 nitrogen and oxygen atoms in total. The Morgan fingerprint density at radius 1 is 1.25 bits per heavy atom. The molecule has 0 aliphatic heterocycles. The number of amides is 1. The van der Waals surface area contributed by atoms with Crippen LogP contribution in [0.25, 0.3) is 11.4 Å². The summed E-state index contributed by atoms with van der Waals surface area (Å²) in [6.45, 7) is 4.18. The van der Waals surface area contributed by atoms with Crippen molar-refractivity contribution in [2.24, 2.45) is 0 Å². The number of nitrogens with zero attached hydrogens (tertiary/aromatic N) is 3. The number of nitrogens with one attached hydrogen (secondary N) is 1. The molecule has 0 saturated carbocycles. The van der Waals surface area contributed by atoms with E-state index in [1.165, 1.54) is 17.8 Å². The molecule has 1 heterocycles. The molecule has 28 heavy (non-hydrogen) atoms. The highest BCUT2D eigenvalue weighted by molar-refractivity contribution is 7.99. The van der Waals surface area contributed by atoms with Gasteiger partial charge in [0.25, 0.3) is 0 Å². The van der Waals surface area contributed by atoms with Crippen molar-refractivity contribution in [3.8, 4) is 11.4 Å². The molecule has 2 aromatic carbocycles. The van der Waals surface area contributed by atoms with E-state index in [1.54, 1.807) is 37.3 Å². The Kier molecular flexibility index (Phi) is 6.59. The van der Waals surface area contributed by atoms with Crippen molar-refractivity contribution in [1.82, 2.24) is 14.8 Å². The Bertz CT molecular complexity index is 1030. The topological polar surface area (TPSA) is 59.8 Å². The number of thioether (sulfide) groups is 1. The molecule has 0 bridgehead atoms. The van der Waals surface area contributed by atoms with Gasteiger partial charge in [-0.05, 0) is 44.2 Å². The molecule has 0 aliphatic carbocycles. The van der Waals surface area contributed by atoms with Gasteiger partial charge in [0.15, 0.2) is 11.0 Å². The van der Waals surface area contributed by atoms with Crippen LogP contribution in [0.2, 0.25) is 10.0 Å². The second kappa shape index (κ2) is 8.94. The number of benzene rings is 2. The van der Waals surface area contributed by atoms with Gasteiger partial charge in [-0.1, -0.05) is 41.0 Å². The van der Waals surface area contributed by atoms with E-state index >= 15 is 0 Å². The molecule has 1 N–H and O–H groups in total. The van der Waals surface area contributed by atoms with Crippen LogP contribution in [0.4, 0.5) is 10.1 Å². The molecule has 1 aromatic heterocycles. The van der Waals surface area contributed by atoms with Gasteiger partial charge in [-0.25, -0.2) is 4.39 Å². The van der Waals surface area contributed by atoms with Crippen molar-refractivity contribution in [2.45, 2.75) is 25.5 Å². The maximum Gasteiger partial charge on any atom is 0.234 e. The number of rotatable bonds is 6. The van der Waals surface area contributed by atoms with E-state index < -0.39 is 0 Å². The van der Waals surface area contributed by atoms with Gasteiger partial charge in [-0.2, -0.15) is 0 Å². The monoisotopic (exact) mass is 438 g/mol. The maximum absolute atomic E-state index is 13.6. The van der Waals surface area contributed by atoms with Gasteiger partial charge in [0, 0.05) is 28.4 Å². The standard InChI is InChI=1S/C19H17Cl2FN4OS/c1-3-26-18(13-8-7-12(20)9-14(13)21)24-25-19(26)28-10-17(27)23-16-6-4-5-15(22)11(16)2/h4-9H,3,10H2,1-2H3,(H,23,27). The van der Waals surface area contributed by atoms with Crippen LogP contribution in [0.5, 0.6) is 0 Å². The lowest BCUT2D eigenvalue weighted by atomic mass is 10.2. The Labute approximate surface area is 176 Å². The van der Waals surface area contributed by atoms with Crippen molar-refractivity contribution in [3.63, 3.8) is 0 Å². The SMILES string of the molecule is CCn1c(SCC(=O)Nc2cccc(F)c2C)nnc1-c1ccc(Cl)cc1Cl. The Morgan fingerprint density at radius 3 is 2.75 bits per heavy atom. The third-order valence-corrected chi connectivity index (χ3v) is 5.59. The molecule has 0 unspecified atom stereocenters. The van der Waals surface area contributed by atoms with Crippen LogP contribution in [-0.4, -0.2) is 26.4 Å². The molecule has 0 saturated heterocycles. The van der Waals surface area contributed by atoms with Crippen LogP contribution in [0.3, 0.4) is 0 Å². The van der Waals surface area contributed by atoms with Crippen molar-refractivity contribution < 1.29 is 9.18 Å².